The van der Waals surface area contributed by atoms with E-state index in [2.05, 4.69) is 6.58 Å². The zero-order valence-corrected chi connectivity index (χ0v) is 9.34. The van der Waals surface area contributed by atoms with Crippen LogP contribution in [0.25, 0.3) is 6.08 Å². The van der Waals surface area contributed by atoms with Crippen LogP contribution in [0.15, 0.2) is 36.9 Å². The average Bonchev–Trinajstić information content (AvgIpc) is 2.68. The predicted molar refractivity (Wildman–Crippen MR) is 64.7 cm³/mol. The van der Waals surface area contributed by atoms with Gasteiger partial charge in [-0.2, -0.15) is 0 Å². The molecule has 0 N–H and O–H groups in total. The molecule has 0 saturated heterocycles. The first-order valence-electron chi connectivity index (χ1n) is 5.04. The highest BCUT2D eigenvalue weighted by atomic mass is 16.5. The van der Waals surface area contributed by atoms with E-state index in [0.29, 0.717) is 11.4 Å². The van der Waals surface area contributed by atoms with Crippen molar-refractivity contribution in [3.05, 3.63) is 42.5 Å². The Morgan fingerprint density at radius 2 is 1.88 bits per heavy atom. The molecule has 1 aromatic rings. The second-order valence-corrected chi connectivity index (χ2v) is 3.48. The Labute approximate surface area is 98.8 Å². The normalized spacial score (nSPS) is 14.3. The van der Waals surface area contributed by atoms with E-state index in [1.807, 2.05) is 0 Å². The van der Waals surface area contributed by atoms with E-state index in [-0.39, 0.29) is 11.8 Å². The molecule has 0 radical (unpaired) electrons. The number of anilines is 1. The van der Waals surface area contributed by atoms with Gasteiger partial charge in [0.2, 0.25) is 0 Å². The predicted octanol–water partition coefficient (Wildman–Crippen LogP) is 1.77. The minimum atomic E-state index is -0.361. The fraction of sp³-hybridized carbons (Fsp3) is 0.0769. The number of ether oxygens (including phenoxy) is 1. The Balaban J connectivity index is 2.48. The number of methoxy groups -OCH3 is 1. The van der Waals surface area contributed by atoms with Crippen LogP contribution < -0.4 is 9.64 Å². The summed E-state index contributed by atoms with van der Waals surface area (Å²) < 4.78 is 5.18. The van der Waals surface area contributed by atoms with E-state index < -0.39 is 0 Å². The second kappa shape index (κ2) is 4.25. The van der Waals surface area contributed by atoms with Crippen LogP contribution in [0, 0.1) is 0 Å². The number of hydrogen-bond donors (Lipinski definition) is 0. The van der Waals surface area contributed by atoms with Crippen molar-refractivity contribution in [3.63, 3.8) is 0 Å². The number of benzene rings is 1. The number of carbonyl (C=O) groups is 2. The van der Waals surface area contributed by atoms with Gasteiger partial charge < -0.3 is 4.74 Å². The molecule has 4 nitrogen and oxygen atoms in total. The number of amides is 2. The van der Waals surface area contributed by atoms with E-state index >= 15 is 0 Å². The zero-order chi connectivity index (χ0) is 12.4. The quantitative estimate of drug-likeness (QED) is 0.742. The standard InChI is InChI=1S/C13H11NO3/c1-3-9-4-5-10(11(8-9)17-2)14-12(15)6-7-13(14)16/h3-8H,1H2,2H3. The van der Waals surface area contributed by atoms with Gasteiger partial charge in [-0.25, -0.2) is 4.90 Å². The summed E-state index contributed by atoms with van der Waals surface area (Å²) in [5, 5.41) is 0. The van der Waals surface area contributed by atoms with Gasteiger partial charge in [0.05, 0.1) is 12.8 Å². The minimum Gasteiger partial charge on any atom is -0.495 e. The van der Waals surface area contributed by atoms with Crippen molar-refractivity contribution >= 4 is 23.6 Å². The summed E-state index contributed by atoms with van der Waals surface area (Å²) in [4.78, 5) is 24.2. The highest BCUT2D eigenvalue weighted by molar-refractivity contribution is 6.28. The molecule has 0 aliphatic carbocycles. The fourth-order valence-electron chi connectivity index (χ4n) is 1.64. The van der Waals surface area contributed by atoms with Gasteiger partial charge in [0.25, 0.3) is 11.8 Å². The van der Waals surface area contributed by atoms with E-state index in [1.54, 1.807) is 24.3 Å². The first-order valence-corrected chi connectivity index (χ1v) is 5.04. The number of rotatable bonds is 3. The third-order valence-electron chi connectivity index (χ3n) is 2.49. The summed E-state index contributed by atoms with van der Waals surface area (Å²) in [5.41, 5.74) is 1.30. The number of imide groups is 1. The summed E-state index contributed by atoms with van der Waals surface area (Å²) in [5.74, 6) is -0.257. The Hall–Kier alpha value is -2.36. The van der Waals surface area contributed by atoms with Gasteiger partial charge in [0.1, 0.15) is 5.75 Å². The minimum absolute atomic E-state index is 0.361. The first-order chi connectivity index (χ1) is 8.17. The molecule has 4 heteroatoms. The van der Waals surface area contributed by atoms with E-state index in [9.17, 15) is 9.59 Å². The third kappa shape index (κ3) is 1.85. The maximum absolute atomic E-state index is 11.6. The van der Waals surface area contributed by atoms with Crippen molar-refractivity contribution in [1.29, 1.82) is 0 Å². The van der Waals surface area contributed by atoms with Gasteiger partial charge in [-0.05, 0) is 17.7 Å². The Morgan fingerprint density at radius 3 is 2.41 bits per heavy atom. The summed E-state index contributed by atoms with van der Waals surface area (Å²) >= 11 is 0. The molecule has 2 rings (SSSR count). The van der Waals surface area contributed by atoms with Crippen molar-refractivity contribution in [2.24, 2.45) is 0 Å². The zero-order valence-electron chi connectivity index (χ0n) is 9.34. The van der Waals surface area contributed by atoms with Gasteiger partial charge in [-0.3, -0.25) is 9.59 Å². The summed E-state index contributed by atoms with van der Waals surface area (Å²) in [6.45, 7) is 3.65. The lowest BCUT2D eigenvalue weighted by Crippen LogP contribution is -2.29. The van der Waals surface area contributed by atoms with Crippen LogP contribution in [0.3, 0.4) is 0 Å². The maximum Gasteiger partial charge on any atom is 0.258 e. The topological polar surface area (TPSA) is 46.6 Å². The van der Waals surface area contributed by atoms with Crippen LogP contribution in [0.5, 0.6) is 5.75 Å². The summed E-state index contributed by atoms with van der Waals surface area (Å²) in [6, 6.07) is 5.16. The Kier molecular flexibility index (Phi) is 2.78. The van der Waals surface area contributed by atoms with E-state index in [1.165, 1.54) is 19.3 Å². The van der Waals surface area contributed by atoms with Crippen LogP contribution in [-0.2, 0) is 9.59 Å². The van der Waals surface area contributed by atoms with Crippen molar-refractivity contribution < 1.29 is 14.3 Å². The lowest BCUT2D eigenvalue weighted by atomic mass is 10.1. The molecule has 1 aliphatic heterocycles. The molecule has 1 aliphatic rings. The number of hydrogen-bond acceptors (Lipinski definition) is 3. The Bertz CT molecular complexity index is 513. The number of nitrogens with zero attached hydrogens (tertiary/aromatic N) is 1. The third-order valence-corrected chi connectivity index (χ3v) is 2.49. The fourth-order valence-corrected chi connectivity index (χ4v) is 1.64. The molecule has 0 spiro atoms. The maximum atomic E-state index is 11.6. The average molecular weight is 229 g/mol. The van der Waals surface area contributed by atoms with Crippen molar-refractivity contribution in [2.75, 3.05) is 12.0 Å². The largest absolute Gasteiger partial charge is 0.495 e. The van der Waals surface area contributed by atoms with Gasteiger partial charge in [-0.15, -0.1) is 0 Å². The van der Waals surface area contributed by atoms with Crippen molar-refractivity contribution in [3.8, 4) is 5.75 Å². The molecule has 0 bridgehead atoms. The van der Waals surface area contributed by atoms with E-state index in [4.69, 9.17) is 4.74 Å². The highest BCUT2D eigenvalue weighted by Crippen LogP contribution is 2.31. The molecule has 1 aromatic carbocycles. The van der Waals surface area contributed by atoms with Crippen molar-refractivity contribution in [1.82, 2.24) is 0 Å². The molecule has 86 valence electrons. The lowest BCUT2D eigenvalue weighted by Gasteiger charge is -2.17. The van der Waals surface area contributed by atoms with Crippen LogP contribution in [0.2, 0.25) is 0 Å². The molecule has 0 saturated carbocycles. The van der Waals surface area contributed by atoms with Gasteiger partial charge >= 0.3 is 0 Å². The summed E-state index contributed by atoms with van der Waals surface area (Å²) in [6.07, 6.45) is 4.14. The molecule has 0 atom stereocenters. The van der Waals surface area contributed by atoms with Gasteiger partial charge in [-0.1, -0.05) is 18.7 Å². The Morgan fingerprint density at radius 1 is 1.24 bits per heavy atom. The SMILES string of the molecule is C=Cc1ccc(N2C(=O)C=CC2=O)c(OC)c1. The molecule has 0 fully saturated rings. The molecule has 0 aromatic heterocycles. The smallest absolute Gasteiger partial charge is 0.258 e. The van der Waals surface area contributed by atoms with Crippen LogP contribution >= 0.6 is 0 Å². The number of carbonyl (C=O) groups excluding carboxylic acids is 2. The van der Waals surface area contributed by atoms with Gasteiger partial charge in [0.15, 0.2) is 0 Å². The molecular formula is C13H11NO3. The molecule has 17 heavy (non-hydrogen) atoms. The summed E-state index contributed by atoms with van der Waals surface area (Å²) in [7, 11) is 1.49. The monoisotopic (exact) mass is 229 g/mol. The lowest BCUT2D eigenvalue weighted by molar-refractivity contribution is -0.120. The second-order valence-electron chi connectivity index (χ2n) is 3.48. The molecule has 0 unspecified atom stereocenters. The molecule has 1 heterocycles. The van der Waals surface area contributed by atoms with E-state index in [0.717, 1.165) is 10.5 Å². The van der Waals surface area contributed by atoms with Crippen LogP contribution in [-0.4, -0.2) is 18.9 Å². The first kappa shape index (κ1) is 11.1. The molecule has 2 amide bonds. The molecular weight excluding hydrogens is 218 g/mol. The van der Waals surface area contributed by atoms with Crippen LogP contribution in [0.4, 0.5) is 5.69 Å². The van der Waals surface area contributed by atoms with Crippen molar-refractivity contribution in [2.45, 2.75) is 0 Å². The van der Waals surface area contributed by atoms with Gasteiger partial charge in [0, 0.05) is 12.2 Å². The highest BCUT2D eigenvalue weighted by Gasteiger charge is 2.27. The van der Waals surface area contributed by atoms with Crippen LogP contribution in [0.1, 0.15) is 5.56 Å².